The zero-order valence-electron chi connectivity index (χ0n) is 18.2. The molecule has 0 aromatic carbocycles. The van der Waals surface area contributed by atoms with Gasteiger partial charge in [0.05, 0.1) is 36.2 Å². The Hall–Kier alpha value is -3.27. The van der Waals surface area contributed by atoms with Gasteiger partial charge in [0.15, 0.2) is 9.84 Å². The fourth-order valence-corrected chi connectivity index (χ4v) is 3.97. The highest BCUT2D eigenvalue weighted by atomic mass is 32.2. The van der Waals surface area contributed by atoms with Crippen molar-refractivity contribution in [1.29, 1.82) is 0 Å². The third-order valence-corrected chi connectivity index (χ3v) is 6.23. The van der Waals surface area contributed by atoms with Crippen molar-refractivity contribution in [3.8, 4) is 5.75 Å². The molecule has 2 aromatic heterocycles. The number of carbonyl (C=O) groups is 2. The lowest BCUT2D eigenvalue weighted by Gasteiger charge is -2.07. The van der Waals surface area contributed by atoms with Crippen molar-refractivity contribution in [1.82, 2.24) is 20.6 Å². The van der Waals surface area contributed by atoms with Gasteiger partial charge in [-0.15, -0.1) is 0 Å². The molecular weight excluding hydrogens is 432 g/mol. The highest BCUT2D eigenvalue weighted by Crippen LogP contribution is 2.17. The minimum absolute atomic E-state index is 0.0762. The Kier molecular flexibility index (Phi) is 9.80. The molecule has 10 heteroatoms. The number of sulfone groups is 1. The second kappa shape index (κ2) is 12.6. The number of pyridine rings is 2. The highest BCUT2D eigenvalue weighted by molar-refractivity contribution is 7.91. The maximum Gasteiger partial charge on any atom is 0.244 e. The van der Waals surface area contributed by atoms with Gasteiger partial charge in [-0.2, -0.15) is 0 Å². The molecule has 0 aliphatic heterocycles. The van der Waals surface area contributed by atoms with Crippen LogP contribution in [0.3, 0.4) is 0 Å². The number of aromatic nitrogens is 2. The number of nitrogens with one attached hydrogen (secondary N) is 2. The molecule has 2 amide bonds. The number of nitrogens with zero attached hydrogens (tertiary/aromatic N) is 2. The molecular formula is C22H28N4O5S. The van der Waals surface area contributed by atoms with Crippen LogP contribution in [0.2, 0.25) is 0 Å². The van der Waals surface area contributed by atoms with Gasteiger partial charge in [-0.05, 0) is 37.1 Å². The first-order chi connectivity index (χ1) is 15.4. The Morgan fingerprint density at radius 3 is 2.66 bits per heavy atom. The van der Waals surface area contributed by atoms with E-state index in [9.17, 15) is 18.0 Å². The summed E-state index contributed by atoms with van der Waals surface area (Å²) >= 11 is 0. The number of methoxy groups -OCH3 is 1. The maximum absolute atomic E-state index is 12.4. The molecule has 2 rings (SSSR count). The van der Waals surface area contributed by atoms with E-state index in [0.29, 0.717) is 30.8 Å². The molecule has 0 unspecified atom stereocenters. The summed E-state index contributed by atoms with van der Waals surface area (Å²) in [6.45, 7) is 2.37. The lowest BCUT2D eigenvalue weighted by molar-refractivity contribution is -0.121. The van der Waals surface area contributed by atoms with Crippen molar-refractivity contribution in [2.45, 2.75) is 37.6 Å². The molecule has 0 saturated carbocycles. The van der Waals surface area contributed by atoms with E-state index in [1.807, 2.05) is 6.92 Å². The summed E-state index contributed by atoms with van der Waals surface area (Å²) in [5.74, 6) is 0.0685. The molecule has 0 saturated heterocycles. The molecule has 0 bridgehead atoms. The lowest BCUT2D eigenvalue weighted by atomic mass is 10.2. The fraction of sp³-hybridized carbons (Fsp3) is 0.364. The van der Waals surface area contributed by atoms with Crippen LogP contribution in [0.1, 0.15) is 37.4 Å². The predicted molar refractivity (Wildman–Crippen MR) is 120 cm³/mol. The molecule has 2 aromatic rings. The fourth-order valence-electron chi connectivity index (χ4n) is 2.72. The van der Waals surface area contributed by atoms with E-state index in [-0.39, 0.29) is 29.0 Å². The normalized spacial score (nSPS) is 11.3. The molecule has 0 aliphatic carbocycles. The van der Waals surface area contributed by atoms with Crippen molar-refractivity contribution >= 4 is 27.7 Å². The Morgan fingerprint density at radius 2 is 1.97 bits per heavy atom. The van der Waals surface area contributed by atoms with Crippen LogP contribution in [0.25, 0.3) is 6.08 Å². The number of hydrogen-bond acceptors (Lipinski definition) is 7. The predicted octanol–water partition coefficient (Wildman–Crippen LogP) is 1.89. The van der Waals surface area contributed by atoms with Gasteiger partial charge >= 0.3 is 0 Å². The van der Waals surface area contributed by atoms with Gasteiger partial charge in [0.25, 0.3) is 0 Å². The topological polar surface area (TPSA) is 127 Å². The Morgan fingerprint density at radius 1 is 1.16 bits per heavy atom. The summed E-state index contributed by atoms with van der Waals surface area (Å²) in [7, 11) is -1.97. The first-order valence-electron chi connectivity index (χ1n) is 10.2. The second-order valence-corrected chi connectivity index (χ2v) is 9.04. The zero-order valence-corrected chi connectivity index (χ0v) is 19.0. The number of rotatable bonds is 12. The van der Waals surface area contributed by atoms with Gasteiger partial charge in [0.2, 0.25) is 11.8 Å². The molecule has 0 atom stereocenters. The number of hydrogen-bond donors (Lipinski definition) is 2. The van der Waals surface area contributed by atoms with Gasteiger partial charge in [-0.25, -0.2) is 8.42 Å². The molecule has 9 nitrogen and oxygen atoms in total. The Bertz CT molecular complexity index is 1040. The summed E-state index contributed by atoms with van der Waals surface area (Å²) in [4.78, 5) is 31.6. The Balaban J connectivity index is 1.83. The molecule has 2 heterocycles. The van der Waals surface area contributed by atoms with Crippen LogP contribution in [0.15, 0.2) is 47.8 Å². The summed E-state index contributed by atoms with van der Waals surface area (Å²) in [5, 5.41) is 5.39. The molecule has 172 valence electrons. The SMILES string of the molecule is CCCC(=O)NCCCS(=O)(=O)c1ccc(CNC(=O)/C=C/c2ccncc2OC)nc1. The van der Waals surface area contributed by atoms with Crippen LogP contribution >= 0.6 is 0 Å². The van der Waals surface area contributed by atoms with Crippen LogP contribution in [0, 0.1) is 0 Å². The van der Waals surface area contributed by atoms with E-state index >= 15 is 0 Å². The largest absolute Gasteiger partial charge is 0.495 e. The van der Waals surface area contributed by atoms with E-state index in [4.69, 9.17) is 4.74 Å². The molecule has 0 spiro atoms. The second-order valence-electron chi connectivity index (χ2n) is 6.93. The average Bonchev–Trinajstić information content (AvgIpc) is 2.80. The van der Waals surface area contributed by atoms with Gasteiger partial charge in [-0.3, -0.25) is 19.6 Å². The lowest BCUT2D eigenvalue weighted by Crippen LogP contribution is -2.25. The van der Waals surface area contributed by atoms with E-state index in [1.54, 1.807) is 30.6 Å². The van der Waals surface area contributed by atoms with Crippen LogP contribution in [0.5, 0.6) is 5.75 Å². The first-order valence-corrected chi connectivity index (χ1v) is 11.9. The van der Waals surface area contributed by atoms with Gasteiger partial charge in [0.1, 0.15) is 5.75 Å². The van der Waals surface area contributed by atoms with Crippen molar-refractivity contribution in [3.63, 3.8) is 0 Å². The van der Waals surface area contributed by atoms with E-state index in [0.717, 1.165) is 12.0 Å². The number of ether oxygens (including phenoxy) is 1. The molecule has 0 aliphatic rings. The third kappa shape index (κ3) is 8.10. The van der Waals surface area contributed by atoms with E-state index < -0.39 is 9.84 Å². The zero-order chi connectivity index (χ0) is 23.4. The van der Waals surface area contributed by atoms with Crippen LogP contribution < -0.4 is 15.4 Å². The van der Waals surface area contributed by atoms with Crippen molar-refractivity contribution in [3.05, 3.63) is 54.1 Å². The standard InChI is InChI=1S/C22H28N4O5S/c1-3-5-21(27)24-11-4-13-32(29,30)19-8-7-18(25-15-19)14-26-22(28)9-6-17-10-12-23-16-20(17)31-2/h6-10,12,15-16H,3-5,11,13-14H2,1-2H3,(H,24,27)(H,26,28)/b9-6+. The number of carbonyl (C=O) groups excluding carboxylic acids is 2. The molecule has 0 fully saturated rings. The minimum Gasteiger partial charge on any atom is -0.495 e. The monoisotopic (exact) mass is 460 g/mol. The third-order valence-electron chi connectivity index (χ3n) is 4.44. The summed E-state index contributed by atoms with van der Waals surface area (Å²) in [6, 6.07) is 4.76. The van der Waals surface area contributed by atoms with Crippen LogP contribution in [-0.4, -0.2) is 49.6 Å². The van der Waals surface area contributed by atoms with Gasteiger partial charge in [-0.1, -0.05) is 6.92 Å². The van der Waals surface area contributed by atoms with Crippen molar-refractivity contribution in [2.75, 3.05) is 19.4 Å². The summed E-state index contributed by atoms with van der Waals surface area (Å²) < 4.78 is 30.0. The van der Waals surface area contributed by atoms with E-state index in [1.165, 1.54) is 25.4 Å². The molecule has 2 N–H and O–H groups in total. The van der Waals surface area contributed by atoms with Gasteiger partial charge in [0, 0.05) is 37.0 Å². The quantitative estimate of drug-likeness (QED) is 0.366. The van der Waals surface area contributed by atoms with Crippen LogP contribution in [-0.2, 0) is 26.0 Å². The smallest absolute Gasteiger partial charge is 0.244 e. The van der Waals surface area contributed by atoms with E-state index in [2.05, 4.69) is 20.6 Å². The molecule has 0 radical (unpaired) electrons. The maximum atomic E-state index is 12.4. The Labute approximate surface area is 188 Å². The highest BCUT2D eigenvalue weighted by Gasteiger charge is 2.15. The van der Waals surface area contributed by atoms with Crippen molar-refractivity contribution in [2.24, 2.45) is 0 Å². The van der Waals surface area contributed by atoms with Crippen molar-refractivity contribution < 1.29 is 22.7 Å². The first kappa shape index (κ1) is 25.0. The summed E-state index contributed by atoms with van der Waals surface area (Å²) in [5.41, 5.74) is 1.24. The van der Waals surface area contributed by atoms with Gasteiger partial charge < -0.3 is 15.4 Å². The molecule has 32 heavy (non-hydrogen) atoms. The number of amides is 2. The average molecular weight is 461 g/mol. The summed E-state index contributed by atoms with van der Waals surface area (Å²) in [6.07, 6.45) is 8.93. The van der Waals surface area contributed by atoms with Crippen LogP contribution in [0.4, 0.5) is 0 Å². The minimum atomic E-state index is -3.49.